The molecule has 1 aliphatic heterocycles. The standard InChI is InChI=1S/C11H22O3Si/c1-11(2,3)15(4,5)13-7-6-9-8-10(12)14-9/h9H,6-8H2,1-5H3/t9-/m1/s1. The second-order valence-electron chi connectivity index (χ2n) is 5.71. The monoisotopic (exact) mass is 230 g/mol. The Bertz CT molecular complexity index is 235. The summed E-state index contributed by atoms with van der Waals surface area (Å²) in [4.78, 5) is 10.6. The lowest BCUT2D eigenvalue weighted by atomic mass is 10.1. The van der Waals surface area contributed by atoms with Crippen molar-refractivity contribution >= 4 is 14.3 Å². The fourth-order valence-corrected chi connectivity index (χ4v) is 2.25. The zero-order valence-electron chi connectivity index (χ0n) is 10.4. The highest BCUT2D eigenvalue weighted by Gasteiger charge is 2.37. The number of cyclic esters (lactones) is 1. The fourth-order valence-electron chi connectivity index (χ4n) is 1.19. The summed E-state index contributed by atoms with van der Waals surface area (Å²) in [5.41, 5.74) is 0. The number of rotatable bonds is 4. The highest BCUT2D eigenvalue weighted by atomic mass is 28.4. The van der Waals surface area contributed by atoms with E-state index in [0.717, 1.165) is 6.42 Å². The molecule has 1 rings (SSSR count). The van der Waals surface area contributed by atoms with Crippen molar-refractivity contribution in [1.82, 2.24) is 0 Å². The molecule has 4 heteroatoms. The first-order chi connectivity index (χ1) is 6.72. The van der Waals surface area contributed by atoms with Gasteiger partial charge in [0, 0.05) is 13.0 Å². The van der Waals surface area contributed by atoms with Gasteiger partial charge < -0.3 is 9.16 Å². The molecular weight excluding hydrogens is 208 g/mol. The first-order valence-electron chi connectivity index (χ1n) is 5.56. The van der Waals surface area contributed by atoms with E-state index < -0.39 is 8.32 Å². The van der Waals surface area contributed by atoms with Crippen LogP contribution >= 0.6 is 0 Å². The van der Waals surface area contributed by atoms with E-state index in [0.29, 0.717) is 13.0 Å². The average Bonchev–Trinajstić information content (AvgIpc) is 1.98. The molecule has 1 aliphatic rings. The number of hydrogen-bond acceptors (Lipinski definition) is 3. The van der Waals surface area contributed by atoms with Crippen LogP contribution in [0.3, 0.4) is 0 Å². The van der Waals surface area contributed by atoms with Gasteiger partial charge in [0.05, 0.1) is 6.42 Å². The van der Waals surface area contributed by atoms with Crippen LogP contribution in [0.2, 0.25) is 18.1 Å². The molecule has 0 aromatic heterocycles. The van der Waals surface area contributed by atoms with Gasteiger partial charge in [-0.05, 0) is 18.1 Å². The Morgan fingerprint density at radius 1 is 1.47 bits per heavy atom. The second kappa shape index (κ2) is 4.26. The van der Waals surface area contributed by atoms with Gasteiger partial charge in [0.25, 0.3) is 0 Å². The van der Waals surface area contributed by atoms with Gasteiger partial charge in [0.2, 0.25) is 0 Å². The Hall–Kier alpha value is -0.353. The summed E-state index contributed by atoms with van der Waals surface area (Å²) in [6, 6.07) is 0. The molecule has 1 heterocycles. The molecule has 0 N–H and O–H groups in total. The smallest absolute Gasteiger partial charge is 0.309 e. The van der Waals surface area contributed by atoms with Gasteiger partial charge in [-0.3, -0.25) is 4.79 Å². The maximum atomic E-state index is 10.6. The molecule has 1 fully saturated rings. The van der Waals surface area contributed by atoms with Gasteiger partial charge in [0.1, 0.15) is 6.10 Å². The summed E-state index contributed by atoms with van der Waals surface area (Å²) in [5, 5.41) is 0.253. The summed E-state index contributed by atoms with van der Waals surface area (Å²) in [6.45, 7) is 11.9. The topological polar surface area (TPSA) is 35.5 Å². The number of carbonyl (C=O) groups is 1. The Morgan fingerprint density at radius 3 is 2.40 bits per heavy atom. The van der Waals surface area contributed by atoms with Gasteiger partial charge in [-0.25, -0.2) is 0 Å². The highest BCUT2D eigenvalue weighted by Crippen LogP contribution is 2.36. The normalized spacial score (nSPS) is 22.2. The Kier molecular flexibility index (Phi) is 3.61. The van der Waals surface area contributed by atoms with Crippen LogP contribution in [0.15, 0.2) is 0 Å². The summed E-state index contributed by atoms with van der Waals surface area (Å²) in [6.07, 6.45) is 1.53. The van der Waals surface area contributed by atoms with Crippen LogP contribution in [0.25, 0.3) is 0 Å². The van der Waals surface area contributed by atoms with E-state index in [1.165, 1.54) is 0 Å². The molecule has 0 unspecified atom stereocenters. The third kappa shape index (κ3) is 3.31. The van der Waals surface area contributed by atoms with Gasteiger partial charge >= 0.3 is 5.97 Å². The molecule has 0 bridgehead atoms. The molecule has 0 amide bonds. The maximum Gasteiger partial charge on any atom is 0.309 e. The molecule has 1 saturated heterocycles. The average molecular weight is 230 g/mol. The maximum absolute atomic E-state index is 10.6. The molecule has 0 saturated carbocycles. The van der Waals surface area contributed by atoms with Crippen molar-refractivity contribution in [2.45, 2.75) is 57.8 Å². The quantitative estimate of drug-likeness (QED) is 0.550. The first kappa shape index (κ1) is 12.7. The summed E-state index contributed by atoms with van der Waals surface area (Å²) in [7, 11) is -1.62. The predicted octanol–water partition coefficient (Wildman–Crippen LogP) is 2.71. The lowest BCUT2D eigenvalue weighted by Gasteiger charge is -2.37. The van der Waals surface area contributed by atoms with Crippen LogP contribution < -0.4 is 0 Å². The zero-order valence-corrected chi connectivity index (χ0v) is 11.4. The van der Waals surface area contributed by atoms with Crippen molar-refractivity contribution in [3.63, 3.8) is 0 Å². The molecular formula is C11H22O3Si. The van der Waals surface area contributed by atoms with Crippen molar-refractivity contribution in [2.24, 2.45) is 0 Å². The van der Waals surface area contributed by atoms with Crippen molar-refractivity contribution in [1.29, 1.82) is 0 Å². The van der Waals surface area contributed by atoms with Crippen molar-refractivity contribution in [2.75, 3.05) is 6.61 Å². The van der Waals surface area contributed by atoms with Crippen LogP contribution in [-0.4, -0.2) is 27.0 Å². The predicted molar refractivity (Wildman–Crippen MR) is 62.3 cm³/mol. The SMILES string of the molecule is CC(C)(C)[Si](C)(C)OCC[C@@H]1CC(=O)O1. The molecule has 3 nitrogen and oxygen atoms in total. The Labute approximate surface area is 93.3 Å². The van der Waals surface area contributed by atoms with Gasteiger partial charge in [-0.2, -0.15) is 0 Å². The van der Waals surface area contributed by atoms with Crippen molar-refractivity contribution in [3.05, 3.63) is 0 Å². The number of esters is 1. The third-order valence-electron chi connectivity index (χ3n) is 3.40. The van der Waals surface area contributed by atoms with E-state index in [1.54, 1.807) is 0 Å². The fraction of sp³-hybridized carbons (Fsp3) is 0.909. The lowest BCUT2D eigenvalue weighted by Crippen LogP contribution is -2.42. The first-order valence-corrected chi connectivity index (χ1v) is 8.47. The lowest BCUT2D eigenvalue weighted by molar-refractivity contribution is -0.170. The molecule has 0 aliphatic carbocycles. The van der Waals surface area contributed by atoms with Crippen molar-refractivity contribution < 1.29 is 14.0 Å². The van der Waals surface area contributed by atoms with E-state index in [-0.39, 0.29) is 17.1 Å². The third-order valence-corrected chi connectivity index (χ3v) is 7.94. The van der Waals surface area contributed by atoms with Crippen LogP contribution in [0.5, 0.6) is 0 Å². The molecule has 0 spiro atoms. The van der Waals surface area contributed by atoms with Crippen molar-refractivity contribution in [3.8, 4) is 0 Å². The van der Waals surface area contributed by atoms with E-state index in [2.05, 4.69) is 33.9 Å². The highest BCUT2D eigenvalue weighted by molar-refractivity contribution is 6.74. The minimum absolute atomic E-state index is 0.0765. The molecule has 0 aromatic rings. The van der Waals surface area contributed by atoms with E-state index >= 15 is 0 Å². The van der Waals surface area contributed by atoms with E-state index in [4.69, 9.17) is 9.16 Å². The zero-order chi connectivity index (χ0) is 11.7. The molecule has 15 heavy (non-hydrogen) atoms. The minimum Gasteiger partial charge on any atom is -0.462 e. The van der Waals surface area contributed by atoms with Crippen LogP contribution in [0.4, 0.5) is 0 Å². The van der Waals surface area contributed by atoms with E-state index in [1.807, 2.05) is 0 Å². The minimum atomic E-state index is -1.62. The largest absolute Gasteiger partial charge is 0.462 e. The van der Waals surface area contributed by atoms with Gasteiger partial charge in [-0.1, -0.05) is 20.8 Å². The number of ether oxygens (including phenoxy) is 1. The summed E-state index contributed by atoms with van der Waals surface area (Å²) < 4.78 is 10.9. The summed E-state index contributed by atoms with van der Waals surface area (Å²) >= 11 is 0. The van der Waals surface area contributed by atoms with E-state index in [9.17, 15) is 4.79 Å². The second-order valence-corrected chi connectivity index (χ2v) is 10.5. The Balaban J connectivity index is 2.22. The molecule has 0 aromatic carbocycles. The van der Waals surface area contributed by atoms with Crippen LogP contribution in [0.1, 0.15) is 33.6 Å². The van der Waals surface area contributed by atoms with Crippen LogP contribution in [-0.2, 0) is 14.0 Å². The van der Waals surface area contributed by atoms with Gasteiger partial charge in [0.15, 0.2) is 8.32 Å². The summed E-state index contributed by atoms with van der Waals surface area (Å²) in [5.74, 6) is -0.0765. The Morgan fingerprint density at radius 2 is 2.00 bits per heavy atom. The molecule has 0 radical (unpaired) electrons. The number of carbonyl (C=O) groups excluding carboxylic acids is 1. The number of hydrogen-bond donors (Lipinski definition) is 0. The molecule has 88 valence electrons. The van der Waals surface area contributed by atoms with Crippen LogP contribution in [0, 0.1) is 0 Å². The molecule has 1 atom stereocenters. The van der Waals surface area contributed by atoms with Gasteiger partial charge in [-0.15, -0.1) is 0 Å².